The Kier molecular flexibility index (Phi) is 6.43. The average molecular weight is 478 g/mol. The molecule has 1 saturated heterocycles. The van der Waals surface area contributed by atoms with Crippen LogP contribution in [0.3, 0.4) is 0 Å². The maximum Gasteiger partial charge on any atom is 0.262 e. The fourth-order valence-electron chi connectivity index (χ4n) is 4.50. The van der Waals surface area contributed by atoms with E-state index in [0.717, 1.165) is 36.6 Å². The second-order valence-electron chi connectivity index (χ2n) is 8.62. The normalized spacial score (nSPS) is 15.9. The van der Waals surface area contributed by atoms with Crippen molar-refractivity contribution in [3.05, 3.63) is 81.8 Å². The number of para-hydroxylation sites is 1. The molecule has 1 aliphatic rings. The first-order valence-corrected chi connectivity index (χ1v) is 12.5. The van der Waals surface area contributed by atoms with Gasteiger partial charge in [0.25, 0.3) is 5.56 Å². The highest BCUT2D eigenvalue weighted by molar-refractivity contribution is 7.99. The van der Waals surface area contributed by atoms with E-state index in [2.05, 4.69) is 4.57 Å². The molecule has 34 heavy (non-hydrogen) atoms. The summed E-state index contributed by atoms with van der Waals surface area (Å²) < 4.78 is 15.0. The number of fused-ring (bicyclic) bond motifs is 1. The van der Waals surface area contributed by atoms with Crippen LogP contribution >= 0.6 is 11.8 Å². The van der Waals surface area contributed by atoms with E-state index in [0.29, 0.717) is 34.7 Å². The SMILES string of the molecule is Cc1cc(C(=O)CSc2nc3ccccc3c(=O)n2C[C@@H]2CCCO2)c(C)n1Cc1ccco1. The van der Waals surface area contributed by atoms with Gasteiger partial charge in [0.15, 0.2) is 10.9 Å². The molecule has 8 heteroatoms. The average Bonchev–Trinajstić information content (AvgIpc) is 3.59. The summed E-state index contributed by atoms with van der Waals surface area (Å²) in [6.45, 7) is 5.69. The van der Waals surface area contributed by atoms with Crippen molar-refractivity contribution < 1.29 is 13.9 Å². The molecule has 1 atom stereocenters. The summed E-state index contributed by atoms with van der Waals surface area (Å²) in [6, 6.07) is 13.1. The number of carbonyl (C=O) groups excluding carboxylic acids is 1. The van der Waals surface area contributed by atoms with E-state index in [9.17, 15) is 9.59 Å². The van der Waals surface area contributed by atoms with Crippen molar-refractivity contribution >= 4 is 28.4 Å². The Balaban J connectivity index is 1.40. The summed E-state index contributed by atoms with van der Waals surface area (Å²) in [4.78, 5) is 31.2. The van der Waals surface area contributed by atoms with Crippen LogP contribution in [0.1, 0.15) is 40.3 Å². The molecule has 0 spiro atoms. The van der Waals surface area contributed by atoms with Crippen LogP contribution in [0, 0.1) is 13.8 Å². The topological polar surface area (TPSA) is 79.3 Å². The van der Waals surface area contributed by atoms with E-state index in [1.165, 1.54) is 11.8 Å². The molecule has 1 aliphatic heterocycles. The Morgan fingerprint density at radius 3 is 2.79 bits per heavy atom. The standard InChI is InChI=1S/C26H27N3O4S/c1-17-13-22(18(2)28(17)14-19-7-5-11-32-19)24(30)16-34-26-27-23-10-4-3-9-21(23)25(31)29(26)15-20-8-6-12-33-20/h3-5,7,9-11,13,20H,6,8,12,14-16H2,1-2H3/t20-/m0/s1. The zero-order valence-electron chi connectivity index (χ0n) is 19.3. The molecule has 4 heterocycles. The largest absolute Gasteiger partial charge is 0.467 e. The molecule has 0 saturated carbocycles. The van der Waals surface area contributed by atoms with Crippen molar-refractivity contribution in [2.45, 2.75) is 51.0 Å². The summed E-state index contributed by atoms with van der Waals surface area (Å²) in [5.74, 6) is 1.05. The monoisotopic (exact) mass is 477 g/mol. The number of hydrogen-bond acceptors (Lipinski definition) is 6. The number of thioether (sulfide) groups is 1. The highest BCUT2D eigenvalue weighted by Crippen LogP contribution is 2.24. The van der Waals surface area contributed by atoms with E-state index < -0.39 is 0 Å². The lowest BCUT2D eigenvalue weighted by molar-refractivity contribution is 0.0937. The van der Waals surface area contributed by atoms with Gasteiger partial charge >= 0.3 is 0 Å². The van der Waals surface area contributed by atoms with Gasteiger partial charge in [-0.25, -0.2) is 4.98 Å². The van der Waals surface area contributed by atoms with E-state index in [4.69, 9.17) is 14.1 Å². The molecule has 0 radical (unpaired) electrons. The quantitative estimate of drug-likeness (QED) is 0.209. The van der Waals surface area contributed by atoms with Gasteiger partial charge in [-0.15, -0.1) is 0 Å². The predicted molar refractivity (Wildman–Crippen MR) is 132 cm³/mol. The summed E-state index contributed by atoms with van der Waals surface area (Å²) in [5.41, 5.74) is 3.14. The second-order valence-corrected chi connectivity index (χ2v) is 9.57. The van der Waals surface area contributed by atoms with Crippen LogP contribution in [-0.2, 0) is 17.8 Å². The van der Waals surface area contributed by atoms with E-state index in [1.807, 2.05) is 50.2 Å². The van der Waals surface area contributed by atoms with Crippen molar-refractivity contribution in [2.75, 3.05) is 12.4 Å². The number of ketones is 1. The third-order valence-electron chi connectivity index (χ3n) is 6.34. The molecule has 0 unspecified atom stereocenters. The minimum Gasteiger partial charge on any atom is -0.467 e. The molecular weight excluding hydrogens is 450 g/mol. The Labute approximate surface area is 201 Å². The molecule has 176 valence electrons. The zero-order valence-corrected chi connectivity index (χ0v) is 20.1. The third kappa shape index (κ3) is 4.48. The molecule has 0 N–H and O–H groups in total. The molecule has 7 nitrogen and oxygen atoms in total. The van der Waals surface area contributed by atoms with Gasteiger partial charge < -0.3 is 13.7 Å². The molecule has 0 bridgehead atoms. The fourth-order valence-corrected chi connectivity index (χ4v) is 5.40. The minimum atomic E-state index is -0.0901. The Morgan fingerprint density at radius 2 is 2.03 bits per heavy atom. The van der Waals surface area contributed by atoms with Crippen LogP contribution in [0.25, 0.3) is 10.9 Å². The summed E-state index contributed by atoms with van der Waals surface area (Å²) in [7, 11) is 0. The maximum absolute atomic E-state index is 13.3. The van der Waals surface area contributed by atoms with Crippen molar-refractivity contribution in [1.82, 2.24) is 14.1 Å². The second kappa shape index (κ2) is 9.64. The Hall–Kier alpha value is -3.10. The van der Waals surface area contributed by atoms with Gasteiger partial charge in [0.05, 0.1) is 42.1 Å². The number of carbonyl (C=O) groups is 1. The number of furan rings is 1. The first kappa shape index (κ1) is 22.7. The molecule has 5 rings (SSSR count). The number of hydrogen-bond donors (Lipinski definition) is 0. The van der Waals surface area contributed by atoms with Gasteiger partial charge in [0.2, 0.25) is 0 Å². The number of nitrogens with zero attached hydrogens (tertiary/aromatic N) is 3. The summed E-state index contributed by atoms with van der Waals surface area (Å²) in [6.07, 6.45) is 3.56. The molecule has 0 amide bonds. The first-order chi connectivity index (χ1) is 16.5. The van der Waals surface area contributed by atoms with Gasteiger partial charge in [0.1, 0.15) is 5.76 Å². The van der Waals surface area contributed by atoms with Gasteiger partial charge in [0, 0.05) is 23.6 Å². The number of ether oxygens (including phenoxy) is 1. The lowest BCUT2D eigenvalue weighted by atomic mass is 10.2. The number of Topliss-reactive ketones (excluding diaryl/α,β-unsaturated/α-hetero) is 1. The molecule has 1 fully saturated rings. The third-order valence-corrected chi connectivity index (χ3v) is 7.31. The minimum absolute atomic E-state index is 0.00348. The van der Waals surface area contributed by atoms with Crippen LogP contribution in [0.5, 0.6) is 0 Å². The number of benzene rings is 1. The molecule has 4 aromatic rings. The van der Waals surface area contributed by atoms with Crippen LogP contribution in [-0.4, -0.2) is 38.4 Å². The van der Waals surface area contributed by atoms with Crippen LogP contribution in [0.4, 0.5) is 0 Å². The number of rotatable bonds is 8. The van der Waals surface area contributed by atoms with Gasteiger partial charge in [-0.1, -0.05) is 23.9 Å². The van der Waals surface area contributed by atoms with E-state index in [1.54, 1.807) is 16.9 Å². The van der Waals surface area contributed by atoms with Crippen molar-refractivity contribution in [3.63, 3.8) is 0 Å². The summed E-state index contributed by atoms with van der Waals surface area (Å²) in [5, 5.41) is 1.13. The van der Waals surface area contributed by atoms with Crippen LogP contribution < -0.4 is 5.56 Å². The van der Waals surface area contributed by atoms with Crippen molar-refractivity contribution in [2.24, 2.45) is 0 Å². The zero-order chi connectivity index (χ0) is 23.7. The lowest BCUT2D eigenvalue weighted by Crippen LogP contribution is -2.29. The molecule has 3 aromatic heterocycles. The molecular formula is C26H27N3O4S. The Morgan fingerprint density at radius 1 is 1.18 bits per heavy atom. The highest BCUT2D eigenvalue weighted by Gasteiger charge is 2.22. The Bertz CT molecular complexity index is 1380. The lowest BCUT2D eigenvalue weighted by Gasteiger charge is -2.16. The van der Waals surface area contributed by atoms with Gasteiger partial charge in [-0.05, 0) is 57.0 Å². The number of aromatic nitrogens is 3. The van der Waals surface area contributed by atoms with Crippen LogP contribution in [0.2, 0.25) is 0 Å². The predicted octanol–water partition coefficient (Wildman–Crippen LogP) is 4.61. The summed E-state index contributed by atoms with van der Waals surface area (Å²) >= 11 is 1.31. The smallest absolute Gasteiger partial charge is 0.262 e. The molecule has 1 aromatic carbocycles. The maximum atomic E-state index is 13.3. The molecule has 0 aliphatic carbocycles. The van der Waals surface area contributed by atoms with Gasteiger partial charge in [-0.3, -0.25) is 14.2 Å². The van der Waals surface area contributed by atoms with E-state index >= 15 is 0 Å². The fraction of sp³-hybridized carbons (Fsp3) is 0.346. The van der Waals surface area contributed by atoms with Crippen LogP contribution in [0.15, 0.2) is 63.1 Å². The van der Waals surface area contributed by atoms with Crippen molar-refractivity contribution in [1.29, 1.82) is 0 Å². The van der Waals surface area contributed by atoms with Gasteiger partial charge in [-0.2, -0.15) is 0 Å². The number of aryl methyl sites for hydroxylation is 1. The van der Waals surface area contributed by atoms with Crippen molar-refractivity contribution in [3.8, 4) is 0 Å². The highest BCUT2D eigenvalue weighted by atomic mass is 32.2. The van der Waals surface area contributed by atoms with E-state index in [-0.39, 0.29) is 23.2 Å². The first-order valence-electron chi connectivity index (χ1n) is 11.5.